The van der Waals surface area contributed by atoms with Crippen molar-refractivity contribution >= 4 is 11.5 Å². The summed E-state index contributed by atoms with van der Waals surface area (Å²) in [5.74, 6) is 0.0441. The molecule has 0 aromatic heterocycles. The molecular formula is C11H17N3O. The molecule has 0 spiro atoms. The van der Waals surface area contributed by atoms with Gasteiger partial charge in [0.05, 0.1) is 6.61 Å². The highest BCUT2D eigenvalue weighted by Gasteiger charge is 2.13. The molecule has 1 aromatic carbocycles. The summed E-state index contributed by atoms with van der Waals surface area (Å²) in [6.07, 6.45) is 0. The molecule has 4 heteroatoms. The number of anilines is 1. The average molecular weight is 207 g/mol. The lowest BCUT2D eigenvalue weighted by Gasteiger charge is -2.27. The number of hydrogen-bond donors (Lipinski definition) is 3. The fraction of sp³-hybridized carbons (Fsp3) is 0.364. The number of nitrogens with two attached hydrogens (primary N) is 1. The van der Waals surface area contributed by atoms with Crippen molar-refractivity contribution in [3.05, 3.63) is 29.8 Å². The van der Waals surface area contributed by atoms with Crippen molar-refractivity contribution < 1.29 is 5.11 Å². The fourth-order valence-corrected chi connectivity index (χ4v) is 1.37. The lowest BCUT2D eigenvalue weighted by atomic mass is 10.1. The predicted molar refractivity (Wildman–Crippen MR) is 62.4 cm³/mol. The lowest BCUT2D eigenvalue weighted by molar-refractivity contribution is 0.270. The minimum Gasteiger partial charge on any atom is -0.394 e. The van der Waals surface area contributed by atoms with Crippen LogP contribution in [0, 0.1) is 5.41 Å². The predicted octanol–water partition coefficient (Wildman–Crippen LogP) is 0.788. The van der Waals surface area contributed by atoms with Gasteiger partial charge in [0.15, 0.2) is 0 Å². The van der Waals surface area contributed by atoms with E-state index in [1.807, 2.05) is 37.1 Å². The Labute approximate surface area is 89.8 Å². The maximum atomic E-state index is 9.07. The molecule has 1 atom stereocenters. The van der Waals surface area contributed by atoms with E-state index in [4.69, 9.17) is 16.2 Å². The third-order valence-electron chi connectivity index (χ3n) is 2.50. The topological polar surface area (TPSA) is 73.3 Å². The molecule has 0 radical (unpaired) electrons. The molecule has 0 saturated carbocycles. The van der Waals surface area contributed by atoms with E-state index < -0.39 is 0 Å². The van der Waals surface area contributed by atoms with Crippen LogP contribution in [0.3, 0.4) is 0 Å². The van der Waals surface area contributed by atoms with Gasteiger partial charge in [-0.15, -0.1) is 0 Å². The van der Waals surface area contributed by atoms with Gasteiger partial charge in [-0.3, -0.25) is 5.41 Å². The summed E-state index contributed by atoms with van der Waals surface area (Å²) < 4.78 is 0. The Kier molecular flexibility index (Phi) is 3.68. The second-order valence-electron chi connectivity index (χ2n) is 3.57. The highest BCUT2D eigenvalue weighted by molar-refractivity contribution is 6.00. The van der Waals surface area contributed by atoms with Gasteiger partial charge in [0.2, 0.25) is 0 Å². The van der Waals surface area contributed by atoms with Crippen LogP contribution in [0.5, 0.6) is 0 Å². The van der Waals surface area contributed by atoms with Gasteiger partial charge in [0.1, 0.15) is 5.84 Å². The Bertz CT molecular complexity index is 351. The fourth-order valence-electron chi connectivity index (χ4n) is 1.37. The Balaban J connectivity index is 3.07. The minimum absolute atomic E-state index is 0.00509. The molecule has 4 N–H and O–H groups in total. The third kappa shape index (κ3) is 2.47. The van der Waals surface area contributed by atoms with Crippen LogP contribution in [0.1, 0.15) is 12.5 Å². The molecular weight excluding hydrogens is 190 g/mol. The molecule has 0 saturated heterocycles. The van der Waals surface area contributed by atoms with Crippen molar-refractivity contribution in [2.45, 2.75) is 13.0 Å². The van der Waals surface area contributed by atoms with E-state index in [-0.39, 0.29) is 18.5 Å². The van der Waals surface area contributed by atoms with Crippen molar-refractivity contribution in [3.63, 3.8) is 0 Å². The number of nitrogen functional groups attached to an aromatic ring is 1. The van der Waals surface area contributed by atoms with Crippen molar-refractivity contribution in [1.82, 2.24) is 0 Å². The first-order valence-electron chi connectivity index (χ1n) is 4.85. The maximum absolute atomic E-state index is 9.07. The van der Waals surface area contributed by atoms with E-state index in [1.165, 1.54) is 0 Å². The summed E-state index contributed by atoms with van der Waals surface area (Å²) in [6.45, 7) is 1.99. The number of benzene rings is 1. The molecule has 0 fully saturated rings. The van der Waals surface area contributed by atoms with Gasteiger partial charge in [-0.1, -0.05) is 12.1 Å². The first kappa shape index (κ1) is 11.5. The number of likely N-dealkylation sites (N-methyl/N-ethyl adjacent to an activating group) is 1. The van der Waals surface area contributed by atoms with E-state index >= 15 is 0 Å². The zero-order valence-corrected chi connectivity index (χ0v) is 9.07. The molecule has 1 unspecified atom stereocenters. The molecule has 82 valence electrons. The molecule has 0 heterocycles. The van der Waals surface area contributed by atoms with Crippen molar-refractivity contribution in [2.24, 2.45) is 5.73 Å². The van der Waals surface area contributed by atoms with Crippen molar-refractivity contribution in [3.8, 4) is 0 Å². The average Bonchev–Trinajstić information content (AvgIpc) is 2.27. The molecule has 0 aliphatic heterocycles. The van der Waals surface area contributed by atoms with Crippen LogP contribution >= 0.6 is 0 Å². The molecule has 0 amide bonds. The van der Waals surface area contributed by atoms with E-state index in [9.17, 15) is 0 Å². The van der Waals surface area contributed by atoms with E-state index in [0.29, 0.717) is 5.56 Å². The molecule has 1 aromatic rings. The van der Waals surface area contributed by atoms with Gasteiger partial charge < -0.3 is 15.7 Å². The molecule has 0 bridgehead atoms. The Morgan fingerprint density at radius 1 is 1.53 bits per heavy atom. The second-order valence-corrected chi connectivity index (χ2v) is 3.57. The Morgan fingerprint density at radius 3 is 2.67 bits per heavy atom. The standard InChI is InChI=1S/C11H17N3O/c1-8(7-15)14(2)10-6-4-3-5-9(10)11(12)13/h3-6,8,15H,7H2,1-2H3,(H3,12,13). The van der Waals surface area contributed by atoms with Gasteiger partial charge in [-0.05, 0) is 19.1 Å². The molecule has 0 aliphatic carbocycles. The monoisotopic (exact) mass is 207 g/mol. The summed E-state index contributed by atoms with van der Waals surface area (Å²) in [5.41, 5.74) is 7.05. The van der Waals surface area contributed by atoms with Gasteiger partial charge in [0.25, 0.3) is 0 Å². The van der Waals surface area contributed by atoms with Crippen LogP contribution in [0.2, 0.25) is 0 Å². The third-order valence-corrected chi connectivity index (χ3v) is 2.50. The number of aliphatic hydroxyl groups is 1. The molecule has 4 nitrogen and oxygen atoms in total. The maximum Gasteiger partial charge on any atom is 0.124 e. The van der Waals surface area contributed by atoms with Crippen LogP contribution in [0.25, 0.3) is 0 Å². The van der Waals surface area contributed by atoms with E-state index in [1.54, 1.807) is 6.07 Å². The first-order valence-corrected chi connectivity index (χ1v) is 4.85. The molecule has 1 rings (SSSR count). The highest BCUT2D eigenvalue weighted by atomic mass is 16.3. The van der Waals surface area contributed by atoms with Gasteiger partial charge >= 0.3 is 0 Å². The van der Waals surface area contributed by atoms with E-state index in [2.05, 4.69) is 0 Å². The normalized spacial score (nSPS) is 12.2. The SMILES string of the molecule is CC(CO)N(C)c1ccccc1C(=N)N. The Hall–Kier alpha value is -1.55. The zero-order valence-electron chi connectivity index (χ0n) is 9.07. The number of aliphatic hydroxyl groups excluding tert-OH is 1. The Morgan fingerprint density at radius 2 is 2.13 bits per heavy atom. The van der Waals surface area contributed by atoms with Gasteiger partial charge in [-0.2, -0.15) is 0 Å². The second kappa shape index (κ2) is 4.79. The number of amidine groups is 1. The number of nitrogens with zero attached hydrogens (tertiary/aromatic N) is 1. The van der Waals surface area contributed by atoms with Crippen LogP contribution in [-0.4, -0.2) is 30.6 Å². The summed E-state index contributed by atoms with van der Waals surface area (Å²) in [7, 11) is 1.88. The minimum atomic E-state index is 0.00509. The number of hydrogen-bond acceptors (Lipinski definition) is 3. The van der Waals surface area contributed by atoms with Crippen LogP contribution in [0.4, 0.5) is 5.69 Å². The number of rotatable bonds is 4. The largest absolute Gasteiger partial charge is 0.394 e. The van der Waals surface area contributed by atoms with Crippen LogP contribution < -0.4 is 10.6 Å². The zero-order chi connectivity index (χ0) is 11.4. The smallest absolute Gasteiger partial charge is 0.124 e. The quantitative estimate of drug-likeness (QED) is 0.505. The van der Waals surface area contributed by atoms with Gasteiger partial charge in [0, 0.05) is 24.3 Å². The number of nitrogens with one attached hydrogen (secondary N) is 1. The summed E-state index contributed by atoms with van der Waals surface area (Å²) in [4.78, 5) is 1.91. The lowest BCUT2D eigenvalue weighted by Crippen LogP contribution is -2.33. The number of para-hydroxylation sites is 1. The molecule has 0 aliphatic rings. The van der Waals surface area contributed by atoms with Crippen molar-refractivity contribution in [1.29, 1.82) is 5.41 Å². The van der Waals surface area contributed by atoms with Crippen LogP contribution in [0.15, 0.2) is 24.3 Å². The van der Waals surface area contributed by atoms with E-state index in [0.717, 1.165) is 5.69 Å². The highest BCUT2D eigenvalue weighted by Crippen LogP contribution is 2.20. The summed E-state index contributed by atoms with van der Waals surface area (Å²) in [6, 6.07) is 7.44. The van der Waals surface area contributed by atoms with Gasteiger partial charge in [-0.25, -0.2) is 0 Å². The summed E-state index contributed by atoms with van der Waals surface area (Å²) >= 11 is 0. The molecule has 15 heavy (non-hydrogen) atoms. The summed E-state index contributed by atoms with van der Waals surface area (Å²) in [5, 5.41) is 16.5. The first-order chi connectivity index (χ1) is 7.07. The van der Waals surface area contributed by atoms with Crippen LogP contribution in [-0.2, 0) is 0 Å². The van der Waals surface area contributed by atoms with Crippen molar-refractivity contribution in [2.75, 3.05) is 18.6 Å².